The van der Waals surface area contributed by atoms with Crippen LogP contribution in [0, 0.1) is 6.92 Å². The van der Waals surface area contributed by atoms with Gasteiger partial charge < -0.3 is 20.4 Å². The van der Waals surface area contributed by atoms with Gasteiger partial charge in [0.1, 0.15) is 0 Å². The first-order valence-corrected chi connectivity index (χ1v) is 9.66. The molecule has 0 bridgehead atoms. The zero-order valence-corrected chi connectivity index (χ0v) is 19.5. The van der Waals surface area contributed by atoms with Crippen LogP contribution in [-0.4, -0.2) is 18.4 Å². The van der Waals surface area contributed by atoms with Gasteiger partial charge in [-0.3, -0.25) is 4.79 Å². The minimum absolute atomic E-state index is 0. The van der Waals surface area contributed by atoms with Gasteiger partial charge in [0.05, 0.1) is 12.8 Å². The molecule has 0 fully saturated rings. The van der Waals surface area contributed by atoms with Gasteiger partial charge in [-0.1, -0.05) is 36.4 Å². The van der Waals surface area contributed by atoms with E-state index < -0.39 is 0 Å². The van der Waals surface area contributed by atoms with Gasteiger partial charge in [0.25, 0.3) is 5.91 Å². The highest BCUT2D eigenvalue weighted by atomic mass is 127. The number of carbonyl (C=O) groups is 1. The summed E-state index contributed by atoms with van der Waals surface area (Å²) in [6.07, 6.45) is 1.48. The van der Waals surface area contributed by atoms with Crippen molar-refractivity contribution in [2.75, 3.05) is 11.9 Å². The summed E-state index contributed by atoms with van der Waals surface area (Å²) in [7, 11) is 0. The van der Waals surface area contributed by atoms with E-state index in [9.17, 15) is 4.79 Å². The van der Waals surface area contributed by atoms with Crippen molar-refractivity contribution >= 4 is 41.5 Å². The summed E-state index contributed by atoms with van der Waals surface area (Å²) >= 11 is 0. The van der Waals surface area contributed by atoms with Crippen LogP contribution in [0.4, 0.5) is 5.69 Å². The molecule has 1 aromatic heterocycles. The summed E-state index contributed by atoms with van der Waals surface area (Å²) in [5.74, 6) is 0.757. The zero-order chi connectivity index (χ0) is 20.5. The average Bonchev–Trinajstić information content (AvgIpc) is 3.26. The Morgan fingerprint density at radius 1 is 1.03 bits per heavy atom. The van der Waals surface area contributed by atoms with Gasteiger partial charge in [0.2, 0.25) is 0 Å². The van der Waals surface area contributed by atoms with Crippen LogP contribution in [0.1, 0.15) is 34.2 Å². The third-order valence-corrected chi connectivity index (χ3v) is 4.40. The third-order valence-electron chi connectivity index (χ3n) is 4.40. The van der Waals surface area contributed by atoms with E-state index in [1.807, 2.05) is 43.3 Å². The number of anilines is 1. The number of hydrogen-bond donors (Lipinski definition) is 3. The molecule has 1 amide bonds. The Balaban J connectivity index is 0.00000320. The molecular weight excluding hydrogens is 491 g/mol. The summed E-state index contributed by atoms with van der Waals surface area (Å²) < 4.78 is 5.12. The topological polar surface area (TPSA) is 78.7 Å². The maximum absolute atomic E-state index is 12.1. The fraction of sp³-hybridized carbons (Fsp3) is 0.217. The minimum atomic E-state index is -0.274. The molecule has 3 N–H and O–H groups in total. The molecule has 0 aliphatic rings. The number of nitrogens with zero attached hydrogens (tertiary/aromatic N) is 1. The van der Waals surface area contributed by atoms with Crippen LogP contribution in [0.2, 0.25) is 0 Å². The quantitative estimate of drug-likeness (QED) is 0.241. The van der Waals surface area contributed by atoms with Crippen LogP contribution < -0.4 is 16.0 Å². The number of nitrogens with one attached hydrogen (secondary N) is 3. The van der Waals surface area contributed by atoms with Crippen molar-refractivity contribution in [3.63, 3.8) is 0 Å². The Kier molecular flexibility index (Phi) is 9.40. The van der Waals surface area contributed by atoms with Crippen LogP contribution >= 0.6 is 24.0 Å². The van der Waals surface area contributed by atoms with Crippen LogP contribution in [0.25, 0.3) is 0 Å². The predicted octanol–water partition coefficient (Wildman–Crippen LogP) is 4.71. The second kappa shape index (κ2) is 12.0. The molecule has 0 atom stereocenters. The lowest BCUT2D eigenvalue weighted by Gasteiger charge is -2.13. The number of carbonyl (C=O) groups excluding carboxylic acids is 1. The molecule has 0 saturated carbocycles. The maximum atomic E-state index is 12.1. The molecule has 2 aromatic carbocycles. The van der Waals surface area contributed by atoms with E-state index in [4.69, 9.17) is 4.42 Å². The molecule has 3 aromatic rings. The number of aryl methyl sites for hydroxylation is 1. The molecule has 0 radical (unpaired) electrons. The Bertz CT molecular complexity index is 971. The zero-order valence-electron chi connectivity index (χ0n) is 17.1. The van der Waals surface area contributed by atoms with E-state index in [-0.39, 0.29) is 35.6 Å². The van der Waals surface area contributed by atoms with E-state index in [1.54, 1.807) is 12.1 Å². The molecule has 3 rings (SSSR count). The summed E-state index contributed by atoms with van der Waals surface area (Å²) in [6.45, 7) is 6.11. The Labute approximate surface area is 194 Å². The van der Waals surface area contributed by atoms with Crippen molar-refractivity contribution in [2.24, 2.45) is 4.99 Å². The van der Waals surface area contributed by atoms with E-state index in [0.29, 0.717) is 18.8 Å². The SMILES string of the molecule is CCNC(=NCc1cccc(NC(=O)c2ccco2)c1)NCc1ccccc1C.I. The number of benzene rings is 2. The Morgan fingerprint density at radius 3 is 2.60 bits per heavy atom. The lowest BCUT2D eigenvalue weighted by Crippen LogP contribution is -2.36. The number of halogens is 1. The highest BCUT2D eigenvalue weighted by molar-refractivity contribution is 14.0. The van der Waals surface area contributed by atoms with Crippen LogP contribution in [0.3, 0.4) is 0 Å². The largest absolute Gasteiger partial charge is 0.459 e. The van der Waals surface area contributed by atoms with Crippen LogP contribution in [-0.2, 0) is 13.1 Å². The maximum Gasteiger partial charge on any atom is 0.291 e. The number of amides is 1. The third kappa shape index (κ3) is 6.91. The smallest absolute Gasteiger partial charge is 0.291 e. The lowest BCUT2D eigenvalue weighted by molar-refractivity contribution is 0.0996. The fourth-order valence-electron chi connectivity index (χ4n) is 2.85. The summed E-state index contributed by atoms with van der Waals surface area (Å²) in [5.41, 5.74) is 4.18. The first kappa shape index (κ1) is 23.5. The van der Waals surface area contributed by atoms with Gasteiger partial charge in [0, 0.05) is 18.8 Å². The lowest BCUT2D eigenvalue weighted by atomic mass is 10.1. The van der Waals surface area contributed by atoms with E-state index in [1.165, 1.54) is 17.4 Å². The van der Waals surface area contributed by atoms with Crippen molar-refractivity contribution in [3.05, 3.63) is 89.4 Å². The molecule has 0 aliphatic carbocycles. The first-order valence-electron chi connectivity index (χ1n) is 9.66. The van der Waals surface area contributed by atoms with Gasteiger partial charge in [-0.2, -0.15) is 0 Å². The van der Waals surface area contributed by atoms with Gasteiger partial charge in [-0.15, -0.1) is 24.0 Å². The van der Waals surface area contributed by atoms with Gasteiger partial charge in [-0.25, -0.2) is 4.99 Å². The monoisotopic (exact) mass is 518 g/mol. The van der Waals surface area contributed by atoms with E-state index in [2.05, 4.69) is 40.0 Å². The summed E-state index contributed by atoms with van der Waals surface area (Å²) in [5, 5.41) is 9.47. The number of guanidine groups is 1. The number of hydrogen-bond acceptors (Lipinski definition) is 3. The molecule has 6 nitrogen and oxygen atoms in total. The van der Waals surface area contributed by atoms with Crippen molar-refractivity contribution in [1.82, 2.24) is 10.6 Å². The number of rotatable bonds is 7. The molecule has 158 valence electrons. The number of aliphatic imine (C=N–C) groups is 1. The summed E-state index contributed by atoms with van der Waals surface area (Å²) in [4.78, 5) is 16.8. The molecule has 7 heteroatoms. The highest BCUT2D eigenvalue weighted by Gasteiger charge is 2.08. The average molecular weight is 518 g/mol. The number of furan rings is 1. The highest BCUT2D eigenvalue weighted by Crippen LogP contribution is 2.13. The molecule has 0 saturated heterocycles. The normalized spacial score (nSPS) is 10.8. The first-order chi connectivity index (χ1) is 14.2. The summed E-state index contributed by atoms with van der Waals surface area (Å²) in [6, 6.07) is 19.2. The van der Waals surface area contributed by atoms with Crippen molar-refractivity contribution in [3.8, 4) is 0 Å². The van der Waals surface area contributed by atoms with Crippen LogP contribution in [0.15, 0.2) is 76.3 Å². The molecule has 0 spiro atoms. The standard InChI is InChI=1S/C23H26N4O2.HI/c1-3-24-23(26-16-19-10-5-4-8-17(19)2)25-15-18-9-6-11-20(14-18)27-22(28)21-12-7-13-29-21;/h4-14H,3,15-16H2,1-2H3,(H,27,28)(H2,24,25,26);1H. The van der Waals surface area contributed by atoms with Crippen molar-refractivity contribution in [1.29, 1.82) is 0 Å². The molecular formula is C23H27IN4O2. The van der Waals surface area contributed by atoms with Crippen molar-refractivity contribution < 1.29 is 9.21 Å². The fourth-order valence-corrected chi connectivity index (χ4v) is 2.85. The second-order valence-electron chi connectivity index (χ2n) is 6.61. The van der Waals surface area contributed by atoms with Gasteiger partial charge >= 0.3 is 0 Å². The van der Waals surface area contributed by atoms with E-state index in [0.717, 1.165) is 18.1 Å². The van der Waals surface area contributed by atoms with E-state index >= 15 is 0 Å². The van der Waals surface area contributed by atoms with Crippen LogP contribution in [0.5, 0.6) is 0 Å². The Hall–Kier alpha value is -2.81. The molecule has 0 aliphatic heterocycles. The minimum Gasteiger partial charge on any atom is -0.459 e. The second-order valence-corrected chi connectivity index (χ2v) is 6.61. The molecule has 1 heterocycles. The predicted molar refractivity (Wildman–Crippen MR) is 131 cm³/mol. The van der Waals surface area contributed by atoms with Crippen molar-refractivity contribution in [2.45, 2.75) is 26.9 Å². The molecule has 0 unspecified atom stereocenters. The Morgan fingerprint density at radius 2 is 1.87 bits per heavy atom. The molecule has 30 heavy (non-hydrogen) atoms. The van der Waals surface area contributed by atoms with Gasteiger partial charge in [0.15, 0.2) is 11.7 Å². The van der Waals surface area contributed by atoms with Gasteiger partial charge in [-0.05, 0) is 54.8 Å².